The molecule has 2 aromatic heterocycles. The van der Waals surface area contributed by atoms with Gasteiger partial charge in [0.05, 0.1) is 5.02 Å². The molecule has 0 aliphatic carbocycles. The van der Waals surface area contributed by atoms with E-state index in [1.165, 1.54) is 0 Å². The summed E-state index contributed by atoms with van der Waals surface area (Å²) >= 11 is 11.2. The smallest absolute Gasteiger partial charge is 0.169 e. The van der Waals surface area contributed by atoms with Gasteiger partial charge >= 0.3 is 0 Å². The van der Waals surface area contributed by atoms with Crippen LogP contribution >= 0.6 is 38.9 Å². The molecule has 2 nitrogen and oxygen atoms in total. The third-order valence-electron chi connectivity index (χ3n) is 2.38. The Morgan fingerprint density at radius 2 is 2.29 bits per heavy atom. The lowest BCUT2D eigenvalue weighted by atomic mass is 10.2. The van der Waals surface area contributed by atoms with Crippen LogP contribution in [0.2, 0.25) is 5.02 Å². The summed E-state index contributed by atoms with van der Waals surface area (Å²) in [5.41, 5.74) is 0. The second-order valence-corrected chi connectivity index (χ2v) is 5.80. The van der Waals surface area contributed by atoms with Crippen LogP contribution in [0.25, 0.3) is 0 Å². The van der Waals surface area contributed by atoms with E-state index in [1.807, 2.05) is 23.6 Å². The average Bonchev–Trinajstić information content (AvgIpc) is 2.90. The van der Waals surface area contributed by atoms with Crippen molar-refractivity contribution in [3.63, 3.8) is 0 Å². The minimum atomic E-state index is 0.0359. The summed E-state index contributed by atoms with van der Waals surface area (Å²) in [6, 6.07) is 5.82. The van der Waals surface area contributed by atoms with E-state index in [0.717, 1.165) is 33.3 Å². The fourth-order valence-electron chi connectivity index (χ4n) is 1.61. The fraction of sp³-hybridized carbons (Fsp3) is 0.333. The number of thiophene rings is 1. The Hall–Kier alpha value is -0.290. The van der Waals surface area contributed by atoms with Crippen LogP contribution in [0.5, 0.6) is 0 Å². The summed E-state index contributed by atoms with van der Waals surface area (Å²) in [5, 5.41) is 6.24. The Labute approximate surface area is 118 Å². The van der Waals surface area contributed by atoms with Crippen LogP contribution in [-0.2, 0) is 0 Å². The van der Waals surface area contributed by atoms with Gasteiger partial charge in [-0.1, -0.05) is 18.5 Å². The third-order valence-corrected chi connectivity index (χ3v) is 4.23. The first-order valence-corrected chi connectivity index (χ1v) is 7.49. The molecule has 0 amide bonds. The molecule has 2 heterocycles. The standard InChI is InChI=1S/C12H13BrClNOS/c1-2-6-15-11(9-3-4-10(13)16-9)12-8(14)5-7-17-12/h3-5,7,11,15H,2,6H2,1H3. The number of hydrogen-bond acceptors (Lipinski definition) is 3. The van der Waals surface area contributed by atoms with Gasteiger partial charge < -0.3 is 9.73 Å². The Kier molecular flexibility index (Phi) is 4.68. The molecule has 0 saturated carbocycles. The molecule has 5 heteroatoms. The minimum Gasteiger partial charge on any atom is -0.452 e. The molecule has 17 heavy (non-hydrogen) atoms. The van der Waals surface area contributed by atoms with Crippen molar-refractivity contribution in [3.8, 4) is 0 Å². The van der Waals surface area contributed by atoms with Crippen molar-refractivity contribution in [3.05, 3.63) is 43.9 Å². The van der Waals surface area contributed by atoms with E-state index in [2.05, 4.69) is 28.2 Å². The normalized spacial score (nSPS) is 12.9. The van der Waals surface area contributed by atoms with Gasteiger partial charge in [0.25, 0.3) is 0 Å². The summed E-state index contributed by atoms with van der Waals surface area (Å²) < 4.78 is 6.36. The van der Waals surface area contributed by atoms with Crippen molar-refractivity contribution in [2.45, 2.75) is 19.4 Å². The zero-order chi connectivity index (χ0) is 12.3. The molecule has 1 atom stereocenters. The zero-order valence-electron chi connectivity index (χ0n) is 9.37. The summed E-state index contributed by atoms with van der Waals surface area (Å²) in [5.74, 6) is 0.884. The van der Waals surface area contributed by atoms with Gasteiger partial charge in [-0.15, -0.1) is 11.3 Å². The van der Waals surface area contributed by atoms with Crippen LogP contribution in [0.4, 0.5) is 0 Å². The quantitative estimate of drug-likeness (QED) is 0.846. The molecule has 2 rings (SSSR count). The molecule has 0 fully saturated rings. The molecule has 0 saturated heterocycles. The molecule has 0 spiro atoms. The lowest BCUT2D eigenvalue weighted by Gasteiger charge is -2.15. The van der Waals surface area contributed by atoms with E-state index >= 15 is 0 Å². The van der Waals surface area contributed by atoms with Gasteiger partial charge in [-0.25, -0.2) is 0 Å². The number of nitrogens with one attached hydrogen (secondary N) is 1. The maximum Gasteiger partial charge on any atom is 0.169 e. The van der Waals surface area contributed by atoms with Crippen molar-refractivity contribution in [1.29, 1.82) is 0 Å². The molecule has 2 aromatic rings. The first kappa shape index (κ1) is 13.1. The molecule has 1 N–H and O–H groups in total. The van der Waals surface area contributed by atoms with Gasteiger partial charge in [-0.3, -0.25) is 0 Å². The molecule has 0 aromatic carbocycles. The largest absolute Gasteiger partial charge is 0.452 e. The summed E-state index contributed by atoms with van der Waals surface area (Å²) in [4.78, 5) is 1.10. The summed E-state index contributed by atoms with van der Waals surface area (Å²) in [6.07, 6.45) is 1.07. The summed E-state index contributed by atoms with van der Waals surface area (Å²) in [7, 11) is 0. The Morgan fingerprint density at radius 3 is 2.82 bits per heavy atom. The van der Waals surface area contributed by atoms with E-state index < -0.39 is 0 Å². The fourth-order valence-corrected chi connectivity index (χ4v) is 3.17. The monoisotopic (exact) mass is 333 g/mol. The molecular weight excluding hydrogens is 322 g/mol. The number of halogens is 2. The molecule has 1 unspecified atom stereocenters. The number of hydrogen-bond donors (Lipinski definition) is 1. The van der Waals surface area contributed by atoms with Crippen LogP contribution in [-0.4, -0.2) is 6.54 Å². The SMILES string of the molecule is CCCNC(c1ccc(Br)o1)c1sccc1Cl. The highest BCUT2D eigenvalue weighted by molar-refractivity contribution is 9.10. The first-order chi connectivity index (χ1) is 8.22. The van der Waals surface area contributed by atoms with E-state index in [-0.39, 0.29) is 6.04 Å². The number of rotatable bonds is 5. The maximum absolute atomic E-state index is 6.19. The minimum absolute atomic E-state index is 0.0359. The molecule has 0 bridgehead atoms. The van der Waals surface area contributed by atoms with Crippen LogP contribution in [0.15, 0.2) is 32.7 Å². The Bertz CT molecular complexity index is 482. The Morgan fingerprint density at radius 1 is 1.47 bits per heavy atom. The second kappa shape index (κ2) is 6.05. The Balaban J connectivity index is 2.28. The van der Waals surface area contributed by atoms with Crippen LogP contribution in [0.3, 0.4) is 0 Å². The van der Waals surface area contributed by atoms with Crippen molar-refractivity contribution in [2.24, 2.45) is 0 Å². The van der Waals surface area contributed by atoms with Gasteiger partial charge in [-0.2, -0.15) is 0 Å². The van der Waals surface area contributed by atoms with Gasteiger partial charge in [0.1, 0.15) is 11.8 Å². The van der Waals surface area contributed by atoms with Crippen molar-refractivity contribution >= 4 is 38.9 Å². The van der Waals surface area contributed by atoms with Crippen LogP contribution < -0.4 is 5.32 Å². The van der Waals surface area contributed by atoms with Gasteiger partial charge in [0.15, 0.2) is 4.67 Å². The van der Waals surface area contributed by atoms with Crippen molar-refractivity contribution in [1.82, 2.24) is 5.32 Å². The predicted molar refractivity (Wildman–Crippen MR) is 75.9 cm³/mol. The molecule has 0 radical (unpaired) electrons. The van der Waals surface area contributed by atoms with Gasteiger partial charge in [0, 0.05) is 4.88 Å². The zero-order valence-corrected chi connectivity index (χ0v) is 12.5. The maximum atomic E-state index is 6.19. The first-order valence-electron chi connectivity index (χ1n) is 5.44. The van der Waals surface area contributed by atoms with Gasteiger partial charge in [-0.05, 0) is 52.5 Å². The molecular formula is C12H13BrClNOS. The highest BCUT2D eigenvalue weighted by Crippen LogP contribution is 2.34. The topological polar surface area (TPSA) is 25.2 Å². The average molecular weight is 335 g/mol. The van der Waals surface area contributed by atoms with E-state index in [1.54, 1.807) is 11.3 Å². The van der Waals surface area contributed by atoms with Crippen LogP contribution in [0, 0.1) is 0 Å². The number of furan rings is 1. The lowest BCUT2D eigenvalue weighted by Crippen LogP contribution is -2.22. The lowest BCUT2D eigenvalue weighted by molar-refractivity contribution is 0.436. The molecule has 0 aliphatic heterocycles. The van der Waals surface area contributed by atoms with Crippen molar-refractivity contribution in [2.75, 3.05) is 6.54 Å². The highest BCUT2D eigenvalue weighted by Gasteiger charge is 2.20. The summed E-state index contributed by atoms with van der Waals surface area (Å²) in [6.45, 7) is 3.06. The molecule has 0 aliphatic rings. The van der Waals surface area contributed by atoms with Crippen LogP contribution in [0.1, 0.15) is 30.0 Å². The van der Waals surface area contributed by atoms with Gasteiger partial charge in [0.2, 0.25) is 0 Å². The third kappa shape index (κ3) is 3.13. The van der Waals surface area contributed by atoms with Crippen molar-refractivity contribution < 1.29 is 4.42 Å². The predicted octanol–water partition coefficient (Wildman–Crippen LogP) is 4.85. The van der Waals surface area contributed by atoms with E-state index in [9.17, 15) is 0 Å². The highest BCUT2D eigenvalue weighted by atomic mass is 79.9. The molecule has 92 valence electrons. The van der Waals surface area contributed by atoms with E-state index in [4.69, 9.17) is 16.0 Å². The second-order valence-electron chi connectivity index (χ2n) is 3.66. The van der Waals surface area contributed by atoms with E-state index in [0.29, 0.717) is 0 Å².